The molecule has 0 radical (unpaired) electrons. The number of aromatic nitrogens is 3. The Morgan fingerprint density at radius 3 is 3.15 bits per heavy atom. The maximum Gasteiger partial charge on any atom is 0.283 e. The van der Waals surface area contributed by atoms with Gasteiger partial charge in [0.25, 0.3) is 5.56 Å². The van der Waals surface area contributed by atoms with Crippen LogP contribution in [0.2, 0.25) is 0 Å². The quantitative estimate of drug-likeness (QED) is 0.580. The fourth-order valence-corrected chi connectivity index (χ4v) is 1.02. The lowest BCUT2D eigenvalue weighted by atomic mass is 10.4. The summed E-state index contributed by atoms with van der Waals surface area (Å²) < 4.78 is 0. The van der Waals surface area contributed by atoms with Crippen LogP contribution in [-0.4, -0.2) is 15.0 Å². The summed E-state index contributed by atoms with van der Waals surface area (Å²) in [5.41, 5.74) is 0.746. The van der Waals surface area contributed by atoms with E-state index in [2.05, 4.69) is 20.9 Å². The summed E-state index contributed by atoms with van der Waals surface area (Å²) in [6, 6.07) is 3.44. The van der Waals surface area contributed by atoms with Gasteiger partial charge in [0.05, 0.1) is 5.52 Å². The Kier molecular flexibility index (Phi) is 1.57. The number of rotatable bonds is 0. The first-order valence-corrected chi connectivity index (χ1v) is 3.63. The van der Waals surface area contributed by atoms with Gasteiger partial charge >= 0.3 is 0 Å². The third kappa shape index (κ3) is 1.16. The zero-order valence-electron chi connectivity index (χ0n) is 6.61. The monoisotopic (exact) mass is 171 g/mol. The molecule has 4 heteroatoms. The van der Waals surface area contributed by atoms with Gasteiger partial charge in [-0.15, -0.1) is 6.42 Å². The highest BCUT2D eigenvalue weighted by molar-refractivity contribution is 5.69. The molecule has 0 fully saturated rings. The summed E-state index contributed by atoms with van der Waals surface area (Å²) >= 11 is 0. The van der Waals surface area contributed by atoms with Crippen LogP contribution in [-0.2, 0) is 0 Å². The lowest BCUT2D eigenvalue weighted by Gasteiger charge is -1.94. The number of hydrogen-bond acceptors (Lipinski definition) is 3. The van der Waals surface area contributed by atoms with E-state index in [1.165, 1.54) is 0 Å². The van der Waals surface area contributed by atoms with Crippen molar-refractivity contribution in [1.29, 1.82) is 0 Å². The number of H-pyrrole nitrogens is 1. The van der Waals surface area contributed by atoms with Crippen LogP contribution in [0, 0.1) is 12.3 Å². The first-order chi connectivity index (χ1) is 6.31. The minimum absolute atomic E-state index is 0.0613. The molecule has 0 aliphatic heterocycles. The first kappa shape index (κ1) is 7.50. The molecule has 0 saturated carbocycles. The zero-order valence-corrected chi connectivity index (χ0v) is 6.61. The molecule has 2 heterocycles. The van der Waals surface area contributed by atoms with Gasteiger partial charge in [-0.3, -0.25) is 4.79 Å². The minimum atomic E-state index is -0.358. The summed E-state index contributed by atoms with van der Waals surface area (Å²) in [7, 11) is 0. The van der Waals surface area contributed by atoms with Crippen molar-refractivity contribution in [2.75, 3.05) is 0 Å². The Hall–Kier alpha value is -2.15. The number of fused-ring (bicyclic) bond motifs is 1. The Morgan fingerprint density at radius 2 is 2.38 bits per heavy atom. The average Bonchev–Trinajstić information content (AvgIpc) is 2.17. The molecule has 4 nitrogen and oxygen atoms in total. The third-order valence-electron chi connectivity index (χ3n) is 1.60. The molecule has 2 rings (SSSR count). The molecule has 0 unspecified atom stereocenters. The van der Waals surface area contributed by atoms with E-state index in [0.717, 1.165) is 0 Å². The van der Waals surface area contributed by atoms with E-state index in [-0.39, 0.29) is 11.3 Å². The Labute approximate surface area is 73.7 Å². The second kappa shape index (κ2) is 2.72. The summed E-state index contributed by atoms with van der Waals surface area (Å²) in [5.74, 6) is 2.19. The van der Waals surface area contributed by atoms with Crippen molar-refractivity contribution in [2.24, 2.45) is 0 Å². The normalized spacial score (nSPS) is 9.77. The maximum absolute atomic E-state index is 11.2. The maximum atomic E-state index is 11.2. The van der Waals surface area contributed by atoms with Crippen LogP contribution < -0.4 is 5.56 Å². The van der Waals surface area contributed by atoms with E-state index in [4.69, 9.17) is 6.42 Å². The summed E-state index contributed by atoms with van der Waals surface area (Å²) in [5, 5.41) is 0. The van der Waals surface area contributed by atoms with Crippen LogP contribution in [0.15, 0.2) is 23.1 Å². The molecule has 0 aromatic carbocycles. The standard InChI is InChI=1S/C9H5N3O/c1-2-6-9(13)12-7-4-3-5-10-8(7)11-6/h1,3-5H,(H,12,13). The van der Waals surface area contributed by atoms with Crippen molar-refractivity contribution in [1.82, 2.24) is 15.0 Å². The van der Waals surface area contributed by atoms with Crippen LogP contribution >= 0.6 is 0 Å². The second-order valence-corrected chi connectivity index (χ2v) is 2.43. The van der Waals surface area contributed by atoms with E-state index >= 15 is 0 Å². The molecule has 1 N–H and O–H groups in total. The highest BCUT2D eigenvalue weighted by Gasteiger charge is 2.00. The van der Waals surface area contributed by atoms with Gasteiger partial charge in [0.15, 0.2) is 11.3 Å². The zero-order chi connectivity index (χ0) is 9.26. The third-order valence-corrected chi connectivity index (χ3v) is 1.60. The molecule has 62 valence electrons. The number of nitrogens with one attached hydrogen (secondary N) is 1. The molecule has 0 saturated heterocycles. The fraction of sp³-hybridized carbons (Fsp3) is 0. The van der Waals surface area contributed by atoms with E-state index in [9.17, 15) is 4.79 Å². The first-order valence-electron chi connectivity index (χ1n) is 3.63. The van der Waals surface area contributed by atoms with Gasteiger partial charge < -0.3 is 4.98 Å². The van der Waals surface area contributed by atoms with Gasteiger partial charge in [-0.25, -0.2) is 9.97 Å². The van der Waals surface area contributed by atoms with Crippen LogP contribution in [0.1, 0.15) is 5.69 Å². The number of hydrogen-bond donors (Lipinski definition) is 1. The molecule has 2 aromatic rings. The van der Waals surface area contributed by atoms with Crippen molar-refractivity contribution in [3.05, 3.63) is 34.4 Å². The molecule has 0 spiro atoms. The minimum Gasteiger partial charge on any atom is -0.317 e. The number of terminal acetylenes is 1. The van der Waals surface area contributed by atoms with Gasteiger partial charge in [-0.1, -0.05) is 0 Å². The summed E-state index contributed by atoms with van der Waals surface area (Å²) in [4.78, 5) is 21.6. The predicted molar refractivity (Wildman–Crippen MR) is 48.1 cm³/mol. The van der Waals surface area contributed by atoms with Gasteiger partial charge in [0.1, 0.15) is 0 Å². The highest BCUT2D eigenvalue weighted by atomic mass is 16.1. The molecule has 2 aromatic heterocycles. The van der Waals surface area contributed by atoms with Gasteiger partial charge in [-0.2, -0.15) is 0 Å². The molecule has 13 heavy (non-hydrogen) atoms. The van der Waals surface area contributed by atoms with E-state index in [1.54, 1.807) is 18.3 Å². The number of pyridine rings is 1. The van der Waals surface area contributed by atoms with Crippen LogP contribution in [0.3, 0.4) is 0 Å². The Bertz CT molecular complexity index is 551. The number of nitrogens with zero attached hydrogens (tertiary/aromatic N) is 2. The van der Waals surface area contributed by atoms with E-state index in [0.29, 0.717) is 11.2 Å². The smallest absolute Gasteiger partial charge is 0.283 e. The highest BCUT2D eigenvalue weighted by Crippen LogP contribution is 2.01. The van der Waals surface area contributed by atoms with Crippen LogP contribution in [0.25, 0.3) is 11.2 Å². The molecule has 0 bridgehead atoms. The van der Waals surface area contributed by atoms with Crippen LogP contribution in [0.5, 0.6) is 0 Å². The summed E-state index contributed by atoms with van der Waals surface area (Å²) in [6.45, 7) is 0. The van der Waals surface area contributed by atoms with Crippen molar-refractivity contribution in [2.45, 2.75) is 0 Å². The lowest BCUT2D eigenvalue weighted by Crippen LogP contribution is -2.12. The molecule has 0 aliphatic rings. The topological polar surface area (TPSA) is 58.6 Å². The molecular formula is C9H5N3O. The van der Waals surface area contributed by atoms with E-state index in [1.807, 2.05) is 0 Å². The van der Waals surface area contributed by atoms with Gasteiger partial charge in [0.2, 0.25) is 0 Å². The largest absolute Gasteiger partial charge is 0.317 e. The van der Waals surface area contributed by atoms with Crippen molar-refractivity contribution in [3.8, 4) is 12.3 Å². The summed E-state index contributed by atoms with van der Waals surface area (Å²) in [6.07, 6.45) is 6.67. The predicted octanol–water partition coefficient (Wildman–Crippen LogP) is 0.299. The van der Waals surface area contributed by atoms with Crippen molar-refractivity contribution in [3.63, 3.8) is 0 Å². The Balaban J connectivity index is 2.91. The second-order valence-electron chi connectivity index (χ2n) is 2.43. The van der Waals surface area contributed by atoms with Crippen molar-refractivity contribution < 1.29 is 0 Å². The molecule has 0 amide bonds. The SMILES string of the molecule is C#Cc1nc2ncccc2[nH]c1=O. The number of aromatic amines is 1. The lowest BCUT2D eigenvalue weighted by molar-refractivity contribution is 1.15. The average molecular weight is 171 g/mol. The Morgan fingerprint density at radius 1 is 1.54 bits per heavy atom. The van der Waals surface area contributed by atoms with E-state index < -0.39 is 0 Å². The molecule has 0 atom stereocenters. The van der Waals surface area contributed by atoms with Crippen molar-refractivity contribution >= 4 is 11.2 Å². The fourth-order valence-electron chi connectivity index (χ4n) is 1.02. The van der Waals surface area contributed by atoms with Gasteiger partial charge in [0, 0.05) is 6.20 Å². The van der Waals surface area contributed by atoms with Gasteiger partial charge in [-0.05, 0) is 18.1 Å². The molecule has 0 aliphatic carbocycles. The molecular weight excluding hydrogens is 166 g/mol. The van der Waals surface area contributed by atoms with Crippen LogP contribution in [0.4, 0.5) is 0 Å².